The molecule has 0 bridgehead atoms. The summed E-state index contributed by atoms with van der Waals surface area (Å²) >= 11 is 0. The first kappa shape index (κ1) is 21.7. The summed E-state index contributed by atoms with van der Waals surface area (Å²) in [5.41, 5.74) is 9.53. The largest absolute Gasteiger partial charge is 0.393 e. The summed E-state index contributed by atoms with van der Waals surface area (Å²) in [6.07, 6.45) is 4.45. The Morgan fingerprint density at radius 3 is 2.52 bits per heavy atom. The zero-order valence-corrected chi connectivity index (χ0v) is 18.1. The molecule has 0 unspecified atom stereocenters. The van der Waals surface area contributed by atoms with E-state index in [1.54, 1.807) is 6.20 Å². The van der Waals surface area contributed by atoms with Crippen molar-refractivity contribution in [3.05, 3.63) is 47.7 Å². The number of amides is 1. The third kappa shape index (κ3) is 5.23. The minimum atomic E-state index is -0.253. The molecule has 166 valence electrons. The number of carbonyl (C=O) groups is 1. The number of aliphatic hydroxyl groups is 1. The Labute approximate surface area is 183 Å². The van der Waals surface area contributed by atoms with Crippen LogP contribution in [0.15, 0.2) is 36.5 Å². The number of pyridine rings is 1. The molecule has 2 aliphatic rings. The quantitative estimate of drug-likeness (QED) is 0.682. The van der Waals surface area contributed by atoms with Crippen molar-refractivity contribution in [3.8, 4) is 11.1 Å². The van der Waals surface area contributed by atoms with E-state index in [-0.39, 0.29) is 23.9 Å². The molecule has 1 saturated carbocycles. The summed E-state index contributed by atoms with van der Waals surface area (Å²) in [5, 5.41) is 12.7. The van der Waals surface area contributed by atoms with Gasteiger partial charge < -0.3 is 20.9 Å². The van der Waals surface area contributed by atoms with Gasteiger partial charge in [0.05, 0.1) is 24.9 Å². The van der Waals surface area contributed by atoms with Crippen molar-refractivity contribution in [1.29, 1.82) is 0 Å². The van der Waals surface area contributed by atoms with Crippen LogP contribution >= 0.6 is 0 Å². The third-order valence-corrected chi connectivity index (χ3v) is 6.51. The van der Waals surface area contributed by atoms with Gasteiger partial charge in [-0.1, -0.05) is 24.3 Å². The molecule has 2 heterocycles. The summed E-state index contributed by atoms with van der Waals surface area (Å²) in [4.78, 5) is 19.5. The summed E-state index contributed by atoms with van der Waals surface area (Å²) in [6.45, 7) is 5.68. The Morgan fingerprint density at radius 2 is 1.84 bits per heavy atom. The van der Waals surface area contributed by atoms with Gasteiger partial charge >= 0.3 is 0 Å². The van der Waals surface area contributed by atoms with Gasteiger partial charge in [-0.2, -0.15) is 0 Å². The second-order valence-corrected chi connectivity index (χ2v) is 8.58. The maximum atomic E-state index is 12.8. The van der Waals surface area contributed by atoms with Crippen LogP contribution in [0.2, 0.25) is 0 Å². The second kappa shape index (κ2) is 9.77. The van der Waals surface area contributed by atoms with Gasteiger partial charge in [-0.15, -0.1) is 0 Å². The first-order chi connectivity index (χ1) is 15.0. The standard InChI is InChI=1S/C24H32N4O3/c1-16(28-10-12-31-13-11-28)17-2-4-18(5-3-17)19-14-22(23(25)26-15-19)24(30)27-20-6-8-21(29)9-7-20/h2-5,14-16,20-21,29H,6-13H2,1H3,(H2,25,26)(H,27,30)/t16-,20-,21-/m1/s1. The van der Waals surface area contributed by atoms with Crippen LogP contribution in [-0.4, -0.2) is 59.3 Å². The van der Waals surface area contributed by atoms with Crippen LogP contribution in [0.25, 0.3) is 11.1 Å². The van der Waals surface area contributed by atoms with Gasteiger partial charge in [0.1, 0.15) is 5.82 Å². The number of nitrogens with one attached hydrogen (secondary N) is 1. The minimum Gasteiger partial charge on any atom is -0.393 e. The summed E-state index contributed by atoms with van der Waals surface area (Å²) in [6, 6.07) is 10.6. The zero-order valence-electron chi connectivity index (χ0n) is 18.1. The molecule has 2 aromatic rings. The predicted octanol–water partition coefficient (Wildman–Crippen LogP) is 2.76. The highest BCUT2D eigenvalue weighted by atomic mass is 16.5. The SMILES string of the molecule is C[C@H](c1ccc(-c2cnc(N)c(C(=O)N[C@H]3CC[C@H](O)CC3)c2)cc1)N1CCOCC1. The Hall–Kier alpha value is -2.48. The molecule has 1 aromatic carbocycles. The average molecular weight is 425 g/mol. The molecule has 4 N–H and O–H groups in total. The number of hydrogen-bond acceptors (Lipinski definition) is 6. The van der Waals surface area contributed by atoms with Crippen molar-refractivity contribution in [2.24, 2.45) is 0 Å². The number of carbonyl (C=O) groups excluding carboxylic acids is 1. The number of ether oxygens (including phenoxy) is 1. The fourth-order valence-corrected chi connectivity index (χ4v) is 4.43. The van der Waals surface area contributed by atoms with Crippen LogP contribution in [0.4, 0.5) is 5.82 Å². The molecular weight excluding hydrogens is 392 g/mol. The van der Waals surface area contributed by atoms with E-state index in [9.17, 15) is 9.90 Å². The Balaban J connectivity index is 1.46. The van der Waals surface area contributed by atoms with E-state index in [2.05, 4.69) is 46.4 Å². The lowest BCUT2D eigenvalue weighted by Gasteiger charge is -2.32. The number of benzene rings is 1. The monoisotopic (exact) mass is 424 g/mol. The maximum absolute atomic E-state index is 12.8. The van der Waals surface area contributed by atoms with Gasteiger partial charge in [0, 0.05) is 36.9 Å². The molecule has 31 heavy (non-hydrogen) atoms. The summed E-state index contributed by atoms with van der Waals surface area (Å²) in [5.74, 6) is 0.0282. The van der Waals surface area contributed by atoms with E-state index in [1.807, 2.05) is 6.07 Å². The Morgan fingerprint density at radius 1 is 1.16 bits per heavy atom. The number of nitrogens with two attached hydrogens (primary N) is 1. The highest BCUT2D eigenvalue weighted by molar-refractivity contribution is 5.99. The van der Waals surface area contributed by atoms with Crippen molar-refractivity contribution < 1.29 is 14.6 Å². The van der Waals surface area contributed by atoms with Crippen molar-refractivity contribution in [2.75, 3.05) is 32.0 Å². The summed E-state index contributed by atoms with van der Waals surface area (Å²) < 4.78 is 5.45. The van der Waals surface area contributed by atoms with Crippen LogP contribution in [0, 0.1) is 0 Å². The van der Waals surface area contributed by atoms with Gasteiger partial charge in [0.15, 0.2) is 0 Å². The van der Waals surface area contributed by atoms with E-state index in [4.69, 9.17) is 10.5 Å². The zero-order chi connectivity index (χ0) is 21.8. The molecule has 1 aliphatic carbocycles. The molecule has 2 fully saturated rings. The first-order valence-electron chi connectivity index (χ1n) is 11.2. The third-order valence-electron chi connectivity index (χ3n) is 6.51. The van der Waals surface area contributed by atoms with Gasteiger partial charge in [0.2, 0.25) is 0 Å². The molecule has 7 nitrogen and oxygen atoms in total. The maximum Gasteiger partial charge on any atom is 0.255 e. The number of nitrogen functional groups attached to an aromatic ring is 1. The van der Waals surface area contributed by atoms with E-state index in [0.29, 0.717) is 24.4 Å². The van der Waals surface area contributed by atoms with Crippen LogP contribution in [0.5, 0.6) is 0 Å². The molecule has 1 aliphatic heterocycles. The number of nitrogens with zero attached hydrogens (tertiary/aromatic N) is 2. The number of hydrogen-bond donors (Lipinski definition) is 3. The summed E-state index contributed by atoms with van der Waals surface area (Å²) in [7, 11) is 0. The predicted molar refractivity (Wildman–Crippen MR) is 121 cm³/mol. The number of aromatic nitrogens is 1. The fraction of sp³-hybridized carbons (Fsp3) is 0.500. The smallest absolute Gasteiger partial charge is 0.255 e. The highest BCUT2D eigenvalue weighted by Gasteiger charge is 2.23. The van der Waals surface area contributed by atoms with Crippen LogP contribution < -0.4 is 11.1 Å². The normalized spacial score (nSPS) is 23.3. The van der Waals surface area contributed by atoms with Gasteiger partial charge in [-0.3, -0.25) is 9.69 Å². The molecule has 1 atom stereocenters. The van der Waals surface area contributed by atoms with E-state index in [1.165, 1.54) is 5.56 Å². The van der Waals surface area contributed by atoms with Crippen molar-refractivity contribution in [3.63, 3.8) is 0 Å². The molecular formula is C24H32N4O3. The molecule has 7 heteroatoms. The van der Waals surface area contributed by atoms with Crippen LogP contribution in [0.3, 0.4) is 0 Å². The van der Waals surface area contributed by atoms with Gasteiger partial charge in [0.25, 0.3) is 5.91 Å². The molecule has 1 aromatic heterocycles. The fourth-order valence-electron chi connectivity index (χ4n) is 4.43. The Bertz CT molecular complexity index is 888. The van der Waals surface area contributed by atoms with Crippen molar-refractivity contribution in [2.45, 2.75) is 50.8 Å². The molecule has 1 saturated heterocycles. The first-order valence-corrected chi connectivity index (χ1v) is 11.2. The molecule has 0 spiro atoms. The highest BCUT2D eigenvalue weighted by Crippen LogP contribution is 2.27. The minimum absolute atomic E-state index is 0.0694. The molecule has 1 amide bonds. The topological polar surface area (TPSA) is 101 Å². The number of anilines is 1. The lowest BCUT2D eigenvalue weighted by Crippen LogP contribution is -2.38. The number of morpholine rings is 1. The number of aliphatic hydroxyl groups excluding tert-OH is 1. The van der Waals surface area contributed by atoms with Crippen molar-refractivity contribution >= 4 is 11.7 Å². The number of rotatable bonds is 5. The molecule has 0 radical (unpaired) electrons. The van der Waals surface area contributed by atoms with Gasteiger partial charge in [-0.05, 0) is 49.8 Å². The molecule has 4 rings (SSSR count). The average Bonchev–Trinajstić information content (AvgIpc) is 2.81. The lowest BCUT2D eigenvalue weighted by atomic mass is 9.93. The van der Waals surface area contributed by atoms with E-state index >= 15 is 0 Å². The van der Waals surface area contributed by atoms with E-state index in [0.717, 1.165) is 50.3 Å². The van der Waals surface area contributed by atoms with Crippen LogP contribution in [-0.2, 0) is 4.74 Å². The Kier molecular flexibility index (Phi) is 6.85. The lowest BCUT2D eigenvalue weighted by molar-refractivity contribution is 0.0198. The van der Waals surface area contributed by atoms with Crippen LogP contribution in [0.1, 0.15) is 54.6 Å². The van der Waals surface area contributed by atoms with Crippen molar-refractivity contribution in [1.82, 2.24) is 15.2 Å². The second-order valence-electron chi connectivity index (χ2n) is 8.58. The van der Waals surface area contributed by atoms with E-state index < -0.39 is 0 Å². The van der Waals surface area contributed by atoms with Gasteiger partial charge in [-0.25, -0.2) is 4.98 Å².